The fourth-order valence-electron chi connectivity index (χ4n) is 1.83. The standard InChI is InChI=1S/C15H19F2NO3/c1-15(2,3)13(14(20)21)18-12(19)7-5-9-4-6-10(16)11(17)8-9/h4,6,8,13H,5,7H2,1-3H3,(H,18,19)(H,20,21). The summed E-state index contributed by atoms with van der Waals surface area (Å²) < 4.78 is 25.8. The van der Waals surface area contributed by atoms with Crippen LogP contribution in [-0.2, 0) is 16.0 Å². The summed E-state index contributed by atoms with van der Waals surface area (Å²) in [5.41, 5.74) is -0.143. The van der Waals surface area contributed by atoms with Crippen molar-refractivity contribution in [1.29, 1.82) is 0 Å². The summed E-state index contributed by atoms with van der Waals surface area (Å²) in [6.45, 7) is 5.13. The van der Waals surface area contributed by atoms with Crippen LogP contribution in [-0.4, -0.2) is 23.0 Å². The molecular weight excluding hydrogens is 280 g/mol. The Bertz CT molecular complexity index is 538. The minimum atomic E-state index is -1.11. The van der Waals surface area contributed by atoms with Gasteiger partial charge in [-0.1, -0.05) is 26.8 Å². The van der Waals surface area contributed by atoms with Gasteiger partial charge in [0.15, 0.2) is 11.6 Å². The van der Waals surface area contributed by atoms with Gasteiger partial charge in [0.25, 0.3) is 0 Å². The zero-order valence-electron chi connectivity index (χ0n) is 12.2. The molecule has 116 valence electrons. The van der Waals surface area contributed by atoms with Gasteiger partial charge in [0.1, 0.15) is 6.04 Å². The van der Waals surface area contributed by atoms with Crippen LogP contribution in [0.3, 0.4) is 0 Å². The number of carbonyl (C=O) groups is 2. The highest BCUT2D eigenvalue weighted by atomic mass is 19.2. The van der Waals surface area contributed by atoms with Gasteiger partial charge >= 0.3 is 5.97 Å². The van der Waals surface area contributed by atoms with Gasteiger partial charge in [-0.2, -0.15) is 0 Å². The number of halogens is 2. The lowest BCUT2D eigenvalue weighted by Gasteiger charge is -2.27. The summed E-state index contributed by atoms with van der Waals surface area (Å²) in [5.74, 6) is -3.46. The Balaban J connectivity index is 2.61. The maximum absolute atomic E-state index is 13.0. The lowest BCUT2D eigenvalue weighted by atomic mass is 9.86. The van der Waals surface area contributed by atoms with Crippen molar-refractivity contribution in [3.8, 4) is 0 Å². The van der Waals surface area contributed by atoms with Crippen LogP contribution >= 0.6 is 0 Å². The third-order valence-electron chi connectivity index (χ3n) is 3.04. The van der Waals surface area contributed by atoms with Gasteiger partial charge in [0.05, 0.1) is 0 Å². The number of carboxylic acids is 1. The summed E-state index contributed by atoms with van der Waals surface area (Å²) in [4.78, 5) is 22.9. The summed E-state index contributed by atoms with van der Waals surface area (Å²) in [5, 5.41) is 11.6. The topological polar surface area (TPSA) is 66.4 Å². The van der Waals surface area contributed by atoms with Crippen LogP contribution in [0, 0.1) is 17.0 Å². The summed E-state index contributed by atoms with van der Waals surface area (Å²) >= 11 is 0. The Labute approximate surface area is 122 Å². The Morgan fingerprint density at radius 1 is 1.24 bits per heavy atom. The zero-order chi connectivity index (χ0) is 16.2. The second-order valence-electron chi connectivity index (χ2n) is 5.95. The van der Waals surface area contributed by atoms with Gasteiger partial charge in [-0.15, -0.1) is 0 Å². The maximum Gasteiger partial charge on any atom is 0.326 e. The van der Waals surface area contributed by atoms with Gasteiger partial charge in [-0.25, -0.2) is 13.6 Å². The molecule has 0 saturated heterocycles. The van der Waals surface area contributed by atoms with Crippen molar-refractivity contribution in [3.63, 3.8) is 0 Å². The fourth-order valence-corrected chi connectivity index (χ4v) is 1.83. The number of amides is 1. The number of rotatable bonds is 5. The van der Waals surface area contributed by atoms with Crippen molar-refractivity contribution in [2.24, 2.45) is 5.41 Å². The van der Waals surface area contributed by atoms with Crippen LogP contribution in [0.15, 0.2) is 18.2 Å². The normalized spacial score (nSPS) is 12.8. The highest BCUT2D eigenvalue weighted by Crippen LogP contribution is 2.19. The molecule has 0 spiro atoms. The highest BCUT2D eigenvalue weighted by Gasteiger charge is 2.32. The second kappa shape index (κ2) is 6.65. The zero-order valence-corrected chi connectivity index (χ0v) is 12.2. The minimum Gasteiger partial charge on any atom is -0.480 e. The smallest absolute Gasteiger partial charge is 0.326 e. The molecule has 21 heavy (non-hydrogen) atoms. The number of benzene rings is 1. The molecule has 0 aromatic heterocycles. The largest absolute Gasteiger partial charge is 0.480 e. The van der Waals surface area contributed by atoms with Crippen molar-refractivity contribution >= 4 is 11.9 Å². The van der Waals surface area contributed by atoms with E-state index in [1.165, 1.54) is 6.07 Å². The van der Waals surface area contributed by atoms with Gasteiger partial charge < -0.3 is 10.4 Å². The van der Waals surface area contributed by atoms with Crippen LogP contribution in [0.1, 0.15) is 32.8 Å². The Morgan fingerprint density at radius 2 is 1.86 bits per heavy atom. The van der Waals surface area contributed by atoms with Crippen molar-refractivity contribution in [2.45, 2.75) is 39.7 Å². The fraction of sp³-hybridized carbons (Fsp3) is 0.467. The molecule has 0 fully saturated rings. The number of hydrogen-bond acceptors (Lipinski definition) is 2. The molecule has 2 N–H and O–H groups in total. The third kappa shape index (κ3) is 5.13. The van der Waals surface area contributed by atoms with Crippen LogP contribution in [0.25, 0.3) is 0 Å². The number of carbonyl (C=O) groups excluding carboxylic acids is 1. The van der Waals surface area contributed by atoms with E-state index in [9.17, 15) is 18.4 Å². The summed E-state index contributed by atoms with van der Waals surface area (Å²) in [6.07, 6.45) is 0.213. The number of aryl methyl sites for hydroxylation is 1. The first-order valence-electron chi connectivity index (χ1n) is 6.57. The first-order chi connectivity index (χ1) is 9.61. The third-order valence-corrected chi connectivity index (χ3v) is 3.04. The van der Waals surface area contributed by atoms with E-state index in [1.54, 1.807) is 20.8 Å². The number of carboxylic acid groups (broad SMARTS) is 1. The molecule has 6 heteroatoms. The Kier molecular flexibility index (Phi) is 5.41. The lowest BCUT2D eigenvalue weighted by Crippen LogP contribution is -2.49. The van der Waals surface area contributed by atoms with E-state index in [-0.39, 0.29) is 12.8 Å². The van der Waals surface area contributed by atoms with Crippen LogP contribution < -0.4 is 5.32 Å². The molecular formula is C15H19F2NO3. The van der Waals surface area contributed by atoms with Crippen molar-refractivity contribution < 1.29 is 23.5 Å². The highest BCUT2D eigenvalue weighted by molar-refractivity contribution is 5.84. The molecule has 0 bridgehead atoms. The van der Waals surface area contributed by atoms with E-state index < -0.39 is 35.0 Å². The van der Waals surface area contributed by atoms with E-state index in [2.05, 4.69) is 5.32 Å². The van der Waals surface area contributed by atoms with Crippen LogP contribution in [0.5, 0.6) is 0 Å². The number of nitrogens with one attached hydrogen (secondary N) is 1. The molecule has 1 amide bonds. The Hall–Kier alpha value is -1.98. The molecule has 1 rings (SSSR count). The summed E-state index contributed by atoms with van der Waals surface area (Å²) in [7, 11) is 0. The first-order valence-corrected chi connectivity index (χ1v) is 6.57. The summed E-state index contributed by atoms with van der Waals surface area (Å²) in [6, 6.07) is 2.41. The predicted molar refractivity (Wildman–Crippen MR) is 73.7 cm³/mol. The number of hydrogen-bond donors (Lipinski definition) is 2. The molecule has 0 aliphatic rings. The molecule has 4 nitrogen and oxygen atoms in total. The molecule has 1 unspecified atom stereocenters. The van der Waals surface area contributed by atoms with E-state index in [1.807, 2.05) is 0 Å². The van der Waals surface area contributed by atoms with Crippen molar-refractivity contribution in [2.75, 3.05) is 0 Å². The monoisotopic (exact) mass is 299 g/mol. The molecule has 1 aromatic rings. The quantitative estimate of drug-likeness (QED) is 0.878. The van der Waals surface area contributed by atoms with Crippen LogP contribution in [0.2, 0.25) is 0 Å². The van der Waals surface area contributed by atoms with E-state index in [0.717, 1.165) is 12.1 Å². The van der Waals surface area contributed by atoms with Gasteiger partial charge in [0.2, 0.25) is 5.91 Å². The number of aliphatic carboxylic acids is 1. The molecule has 0 radical (unpaired) electrons. The predicted octanol–water partition coefficient (Wildman–Crippen LogP) is 2.51. The van der Waals surface area contributed by atoms with Gasteiger partial charge in [-0.3, -0.25) is 4.79 Å². The minimum absolute atomic E-state index is 0.00489. The van der Waals surface area contributed by atoms with Crippen molar-refractivity contribution in [3.05, 3.63) is 35.4 Å². The lowest BCUT2D eigenvalue weighted by molar-refractivity contribution is -0.144. The molecule has 0 aliphatic heterocycles. The molecule has 0 saturated carbocycles. The Morgan fingerprint density at radius 3 is 2.33 bits per heavy atom. The average molecular weight is 299 g/mol. The first kappa shape index (κ1) is 17.1. The van der Waals surface area contributed by atoms with Gasteiger partial charge in [0, 0.05) is 6.42 Å². The van der Waals surface area contributed by atoms with E-state index in [0.29, 0.717) is 5.56 Å². The SMILES string of the molecule is CC(C)(C)C(NC(=O)CCc1ccc(F)c(F)c1)C(=O)O. The van der Waals surface area contributed by atoms with E-state index >= 15 is 0 Å². The van der Waals surface area contributed by atoms with Crippen LogP contribution in [0.4, 0.5) is 8.78 Å². The molecule has 0 heterocycles. The second-order valence-corrected chi connectivity index (χ2v) is 5.95. The van der Waals surface area contributed by atoms with Gasteiger partial charge in [-0.05, 0) is 29.5 Å². The molecule has 1 aromatic carbocycles. The molecule has 1 atom stereocenters. The molecule has 0 aliphatic carbocycles. The average Bonchev–Trinajstić information content (AvgIpc) is 2.35. The van der Waals surface area contributed by atoms with E-state index in [4.69, 9.17) is 5.11 Å². The van der Waals surface area contributed by atoms with Crippen molar-refractivity contribution in [1.82, 2.24) is 5.32 Å². The maximum atomic E-state index is 13.0.